The smallest absolute Gasteiger partial charge is 0.101 e. The van der Waals surface area contributed by atoms with Gasteiger partial charge in [-0.25, -0.2) is 0 Å². The molecule has 0 aliphatic carbocycles. The molecule has 0 saturated heterocycles. The van der Waals surface area contributed by atoms with Gasteiger partial charge >= 0.3 is 0 Å². The van der Waals surface area contributed by atoms with Gasteiger partial charge in [0, 0.05) is 25.1 Å². The highest BCUT2D eigenvalue weighted by Gasteiger charge is 2.06. The van der Waals surface area contributed by atoms with Gasteiger partial charge in [-0.05, 0) is 11.4 Å². The lowest BCUT2D eigenvalue weighted by Gasteiger charge is -2.09. The summed E-state index contributed by atoms with van der Waals surface area (Å²) in [4.78, 5) is 1.00. The molecule has 0 aliphatic heterocycles. The Kier molecular flexibility index (Phi) is 5.00. The minimum atomic E-state index is -0.392. The number of aliphatic hydroxyl groups excluding tert-OH is 1. The Morgan fingerprint density at radius 3 is 3.15 bits per heavy atom. The zero-order valence-corrected chi connectivity index (χ0v) is 8.51. The number of nitrogens with one attached hydrogen (secondary N) is 1. The van der Waals surface area contributed by atoms with E-state index in [9.17, 15) is 5.11 Å². The molecule has 1 rings (SSSR count). The van der Waals surface area contributed by atoms with Crippen LogP contribution in [0.1, 0.15) is 11.0 Å². The molecule has 0 aliphatic rings. The summed E-state index contributed by atoms with van der Waals surface area (Å²) in [5, 5.41) is 14.7. The molecular formula is C9H15NO2S. The van der Waals surface area contributed by atoms with Crippen LogP contribution >= 0.6 is 11.3 Å². The van der Waals surface area contributed by atoms with Crippen molar-refractivity contribution in [3.8, 4) is 0 Å². The molecule has 13 heavy (non-hydrogen) atoms. The van der Waals surface area contributed by atoms with Gasteiger partial charge in [0.25, 0.3) is 0 Å². The second-order valence-corrected chi connectivity index (χ2v) is 3.71. The standard InChI is InChI=1S/C9H15NO2S/c1-12-5-4-10-7-8(11)9-3-2-6-13-9/h2-3,6,8,10-11H,4-5,7H2,1H3. The van der Waals surface area contributed by atoms with Crippen LogP contribution < -0.4 is 5.32 Å². The molecule has 1 unspecified atom stereocenters. The molecule has 1 heterocycles. The van der Waals surface area contributed by atoms with Crippen molar-refractivity contribution < 1.29 is 9.84 Å². The fraction of sp³-hybridized carbons (Fsp3) is 0.556. The third kappa shape index (κ3) is 3.87. The number of thiophene rings is 1. The molecular weight excluding hydrogens is 186 g/mol. The second kappa shape index (κ2) is 6.10. The van der Waals surface area contributed by atoms with Crippen LogP contribution in [0, 0.1) is 0 Å². The van der Waals surface area contributed by atoms with Crippen molar-refractivity contribution in [2.75, 3.05) is 26.8 Å². The van der Waals surface area contributed by atoms with Gasteiger partial charge in [-0.15, -0.1) is 11.3 Å². The monoisotopic (exact) mass is 201 g/mol. The highest BCUT2D eigenvalue weighted by Crippen LogP contribution is 2.17. The third-order valence-corrected chi connectivity index (χ3v) is 2.67. The lowest BCUT2D eigenvalue weighted by atomic mass is 10.3. The average molecular weight is 201 g/mol. The van der Waals surface area contributed by atoms with Crippen LogP contribution in [0.3, 0.4) is 0 Å². The molecule has 0 spiro atoms. The number of rotatable bonds is 6. The van der Waals surface area contributed by atoms with Gasteiger partial charge in [0.2, 0.25) is 0 Å². The highest BCUT2D eigenvalue weighted by atomic mass is 32.1. The number of hydrogen-bond donors (Lipinski definition) is 2. The molecule has 0 saturated carbocycles. The summed E-state index contributed by atoms with van der Waals surface area (Å²) in [6.45, 7) is 2.04. The molecule has 2 N–H and O–H groups in total. The predicted octanol–water partition coefficient (Wildman–Crippen LogP) is 1.02. The van der Waals surface area contributed by atoms with Crippen LogP contribution in [0.4, 0.5) is 0 Å². The summed E-state index contributed by atoms with van der Waals surface area (Å²) in [5.41, 5.74) is 0. The van der Waals surface area contributed by atoms with Gasteiger partial charge in [-0.1, -0.05) is 6.07 Å². The number of methoxy groups -OCH3 is 1. The predicted molar refractivity (Wildman–Crippen MR) is 54.0 cm³/mol. The fourth-order valence-corrected chi connectivity index (χ4v) is 1.71. The zero-order valence-electron chi connectivity index (χ0n) is 7.69. The number of ether oxygens (including phenoxy) is 1. The minimum Gasteiger partial charge on any atom is -0.386 e. The summed E-state index contributed by atoms with van der Waals surface area (Å²) in [5.74, 6) is 0. The molecule has 0 bridgehead atoms. The third-order valence-electron chi connectivity index (χ3n) is 1.69. The SMILES string of the molecule is COCCNCC(O)c1cccs1. The van der Waals surface area contributed by atoms with Crippen molar-refractivity contribution >= 4 is 11.3 Å². The van der Waals surface area contributed by atoms with Gasteiger partial charge in [0.05, 0.1) is 6.61 Å². The van der Waals surface area contributed by atoms with E-state index in [2.05, 4.69) is 5.32 Å². The van der Waals surface area contributed by atoms with Gasteiger partial charge < -0.3 is 15.2 Å². The van der Waals surface area contributed by atoms with Crippen LogP contribution in [0.25, 0.3) is 0 Å². The molecule has 1 atom stereocenters. The Morgan fingerprint density at radius 2 is 2.54 bits per heavy atom. The first-order chi connectivity index (χ1) is 6.34. The van der Waals surface area contributed by atoms with Crippen LogP contribution in [-0.2, 0) is 4.74 Å². The highest BCUT2D eigenvalue weighted by molar-refractivity contribution is 7.10. The summed E-state index contributed by atoms with van der Waals surface area (Å²) in [6, 6.07) is 3.88. The Labute approximate surface area is 82.4 Å². The molecule has 0 radical (unpaired) electrons. The first-order valence-corrected chi connectivity index (χ1v) is 5.13. The summed E-state index contributed by atoms with van der Waals surface area (Å²) in [6.07, 6.45) is -0.392. The van der Waals surface area contributed by atoms with Crippen molar-refractivity contribution in [1.82, 2.24) is 5.32 Å². The van der Waals surface area contributed by atoms with E-state index in [-0.39, 0.29) is 0 Å². The first kappa shape index (κ1) is 10.7. The quantitative estimate of drug-likeness (QED) is 0.675. The molecule has 0 amide bonds. The molecule has 3 nitrogen and oxygen atoms in total. The normalized spacial score (nSPS) is 13.1. The molecule has 0 aromatic carbocycles. The maximum Gasteiger partial charge on any atom is 0.101 e. The van der Waals surface area contributed by atoms with Gasteiger partial charge in [0.1, 0.15) is 6.10 Å². The van der Waals surface area contributed by atoms with Crippen LogP contribution in [-0.4, -0.2) is 31.9 Å². The van der Waals surface area contributed by atoms with E-state index in [1.807, 2.05) is 17.5 Å². The van der Waals surface area contributed by atoms with E-state index in [0.717, 1.165) is 11.4 Å². The van der Waals surface area contributed by atoms with Crippen LogP contribution in [0.2, 0.25) is 0 Å². The minimum absolute atomic E-state index is 0.392. The summed E-state index contributed by atoms with van der Waals surface area (Å²) < 4.78 is 4.87. The topological polar surface area (TPSA) is 41.5 Å². The maximum atomic E-state index is 9.62. The largest absolute Gasteiger partial charge is 0.386 e. The van der Waals surface area contributed by atoms with Crippen molar-refractivity contribution in [2.24, 2.45) is 0 Å². The summed E-state index contributed by atoms with van der Waals surface area (Å²) in [7, 11) is 1.66. The molecule has 1 aromatic heterocycles. The number of hydrogen-bond acceptors (Lipinski definition) is 4. The molecule has 4 heteroatoms. The Morgan fingerprint density at radius 1 is 1.69 bits per heavy atom. The average Bonchev–Trinajstić information content (AvgIpc) is 2.65. The van der Waals surface area contributed by atoms with Crippen LogP contribution in [0.15, 0.2) is 17.5 Å². The Hall–Kier alpha value is -0.420. The fourth-order valence-electron chi connectivity index (χ4n) is 0.994. The van der Waals surface area contributed by atoms with E-state index in [0.29, 0.717) is 13.2 Å². The summed E-state index contributed by atoms with van der Waals surface area (Å²) >= 11 is 1.57. The Balaban J connectivity index is 2.15. The van der Waals surface area contributed by atoms with E-state index in [4.69, 9.17) is 4.74 Å². The molecule has 74 valence electrons. The number of aliphatic hydroxyl groups is 1. The van der Waals surface area contributed by atoms with E-state index < -0.39 is 6.10 Å². The van der Waals surface area contributed by atoms with E-state index >= 15 is 0 Å². The Bertz CT molecular complexity index is 213. The van der Waals surface area contributed by atoms with E-state index in [1.165, 1.54) is 0 Å². The molecule has 0 fully saturated rings. The first-order valence-electron chi connectivity index (χ1n) is 4.25. The van der Waals surface area contributed by atoms with Crippen molar-refractivity contribution in [3.05, 3.63) is 22.4 Å². The maximum absolute atomic E-state index is 9.62. The van der Waals surface area contributed by atoms with Gasteiger partial charge in [-0.2, -0.15) is 0 Å². The second-order valence-electron chi connectivity index (χ2n) is 2.73. The van der Waals surface area contributed by atoms with Crippen molar-refractivity contribution in [2.45, 2.75) is 6.10 Å². The molecule has 1 aromatic rings. The van der Waals surface area contributed by atoms with Gasteiger partial charge in [-0.3, -0.25) is 0 Å². The lowest BCUT2D eigenvalue weighted by molar-refractivity contribution is 0.164. The van der Waals surface area contributed by atoms with Crippen molar-refractivity contribution in [3.63, 3.8) is 0 Å². The van der Waals surface area contributed by atoms with Gasteiger partial charge in [0.15, 0.2) is 0 Å². The van der Waals surface area contributed by atoms with Crippen molar-refractivity contribution in [1.29, 1.82) is 0 Å². The lowest BCUT2D eigenvalue weighted by Crippen LogP contribution is -2.24. The van der Waals surface area contributed by atoms with E-state index in [1.54, 1.807) is 18.4 Å². The zero-order chi connectivity index (χ0) is 9.52. The van der Waals surface area contributed by atoms with Crippen LogP contribution in [0.5, 0.6) is 0 Å².